The van der Waals surface area contributed by atoms with Gasteiger partial charge in [-0.1, -0.05) is 0 Å². The molecular formula is C12H19F2N3. The van der Waals surface area contributed by atoms with Crippen LogP contribution in [0.2, 0.25) is 0 Å². The van der Waals surface area contributed by atoms with Crippen LogP contribution in [-0.2, 0) is 0 Å². The lowest BCUT2D eigenvalue weighted by Gasteiger charge is -2.19. The van der Waals surface area contributed by atoms with Gasteiger partial charge in [0.2, 0.25) is 0 Å². The Balaban J connectivity index is 2.71. The number of rotatable bonds is 5. The van der Waals surface area contributed by atoms with Gasteiger partial charge in [-0.05, 0) is 46.1 Å². The molecule has 0 bridgehead atoms. The zero-order valence-corrected chi connectivity index (χ0v) is 10.4. The van der Waals surface area contributed by atoms with Crippen LogP contribution in [0.1, 0.15) is 13.3 Å². The number of nitrogens with one attached hydrogen (secondary N) is 1. The summed E-state index contributed by atoms with van der Waals surface area (Å²) in [5, 5.41) is 2.91. The fourth-order valence-corrected chi connectivity index (χ4v) is 1.48. The topological polar surface area (TPSA) is 41.3 Å². The van der Waals surface area contributed by atoms with Gasteiger partial charge in [-0.25, -0.2) is 8.78 Å². The van der Waals surface area contributed by atoms with Crippen molar-refractivity contribution in [3.05, 3.63) is 23.8 Å². The van der Waals surface area contributed by atoms with E-state index in [0.29, 0.717) is 0 Å². The minimum Gasteiger partial charge on any atom is -0.397 e. The van der Waals surface area contributed by atoms with Gasteiger partial charge in [-0.2, -0.15) is 0 Å². The molecule has 1 atom stereocenters. The van der Waals surface area contributed by atoms with Crippen LogP contribution in [0.4, 0.5) is 20.2 Å². The van der Waals surface area contributed by atoms with Crippen LogP contribution in [0.5, 0.6) is 0 Å². The van der Waals surface area contributed by atoms with Crippen molar-refractivity contribution in [2.75, 3.05) is 31.7 Å². The van der Waals surface area contributed by atoms with Crippen LogP contribution in [0, 0.1) is 11.6 Å². The highest BCUT2D eigenvalue weighted by Crippen LogP contribution is 2.25. The van der Waals surface area contributed by atoms with Gasteiger partial charge in [0.25, 0.3) is 0 Å². The molecule has 1 rings (SSSR count). The van der Waals surface area contributed by atoms with Gasteiger partial charge in [0.05, 0.1) is 11.4 Å². The van der Waals surface area contributed by atoms with Crippen LogP contribution in [-0.4, -0.2) is 31.6 Å². The molecule has 0 saturated heterocycles. The minimum atomic E-state index is -0.915. The maximum atomic E-state index is 13.5. The largest absolute Gasteiger partial charge is 0.397 e. The third-order valence-electron chi connectivity index (χ3n) is 2.53. The molecule has 1 unspecified atom stereocenters. The van der Waals surface area contributed by atoms with Gasteiger partial charge >= 0.3 is 0 Å². The van der Waals surface area contributed by atoms with Crippen LogP contribution >= 0.6 is 0 Å². The summed E-state index contributed by atoms with van der Waals surface area (Å²) in [7, 11) is 3.92. The van der Waals surface area contributed by atoms with E-state index in [1.807, 2.05) is 25.9 Å². The molecule has 96 valence electrons. The van der Waals surface area contributed by atoms with Gasteiger partial charge in [0.15, 0.2) is 11.6 Å². The Morgan fingerprint density at radius 3 is 2.59 bits per heavy atom. The SMILES string of the molecule is CC(CCN(C)C)Nc1c(N)ccc(F)c1F. The van der Waals surface area contributed by atoms with E-state index in [9.17, 15) is 8.78 Å². The van der Waals surface area contributed by atoms with Crippen molar-refractivity contribution in [3.63, 3.8) is 0 Å². The predicted molar refractivity (Wildman–Crippen MR) is 67.0 cm³/mol. The Morgan fingerprint density at radius 1 is 1.35 bits per heavy atom. The van der Waals surface area contributed by atoms with Crippen molar-refractivity contribution >= 4 is 11.4 Å². The molecule has 0 aliphatic rings. The van der Waals surface area contributed by atoms with Crippen molar-refractivity contribution in [1.29, 1.82) is 0 Å². The second-order valence-electron chi connectivity index (χ2n) is 4.46. The summed E-state index contributed by atoms with van der Waals surface area (Å²) in [6.07, 6.45) is 0.822. The number of nitrogens with two attached hydrogens (primary N) is 1. The van der Waals surface area contributed by atoms with Gasteiger partial charge < -0.3 is 16.0 Å². The third kappa shape index (κ3) is 3.85. The normalized spacial score (nSPS) is 12.8. The molecular weight excluding hydrogens is 224 g/mol. The molecule has 1 aromatic carbocycles. The Morgan fingerprint density at radius 2 is 2.00 bits per heavy atom. The summed E-state index contributed by atoms with van der Waals surface area (Å²) in [6.45, 7) is 2.78. The van der Waals surface area contributed by atoms with E-state index in [-0.39, 0.29) is 17.4 Å². The number of nitrogens with zero attached hydrogens (tertiary/aromatic N) is 1. The summed E-state index contributed by atoms with van der Waals surface area (Å²) in [4.78, 5) is 2.03. The molecule has 0 aliphatic heterocycles. The maximum Gasteiger partial charge on any atom is 0.183 e. The Bertz CT molecular complexity index is 380. The van der Waals surface area contributed by atoms with Crippen molar-refractivity contribution in [3.8, 4) is 0 Å². The van der Waals surface area contributed by atoms with E-state index < -0.39 is 11.6 Å². The van der Waals surface area contributed by atoms with E-state index in [1.165, 1.54) is 6.07 Å². The molecule has 0 spiro atoms. The van der Waals surface area contributed by atoms with Gasteiger partial charge in [-0.3, -0.25) is 0 Å². The zero-order chi connectivity index (χ0) is 13.0. The Kier molecular flexibility index (Phi) is 4.69. The monoisotopic (exact) mass is 243 g/mol. The molecule has 1 aromatic rings. The summed E-state index contributed by atoms with van der Waals surface area (Å²) >= 11 is 0. The maximum absolute atomic E-state index is 13.5. The number of nitrogen functional groups attached to an aromatic ring is 1. The first kappa shape index (κ1) is 13.7. The molecule has 0 amide bonds. The number of hydrogen-bond donors (Lipinski definition) is 2. The first-order valence-electron chi connectivity index (χ1n) is 5.56. The van der Waals surface area contributed by atoms with E-state index in [2.05, 4.69) is 5.32 Å². The Labute approximate surface area is 101 Å². The molecule has 0 heterocycles. The number of anilines is 2. The standard InChI is InChI=1S/C12H19F2N3/c1-8(6-7-17(2)3)16-12-10(15)5-4-9(13)11(12)14/h4-5,8,16H,6-7,15H2,1-3H3. The average Bonchev–Trinajstić information content (AvgIpc) is 2.27. The van der Waals surface area contributed by atoms with Crippen LogP contribution in [0.3, 0.4) is 0 Å². The second-order valence-corrected chi connectivity index (χ2v) is 4.46. The number of benzene rings is 1. The van der Waals surface area contributed by atoms with E-state index in [4.69, 9.17) is 5.73 Å². The van der Waals surface area contributed by atoms with Crippen molar-refractivity contribution in [2.24, 2.45) is 0 Å². The van der Waals surface area contributed by atoms with E-state index in [0.717, 1.165) is 19.0 Å². The van der Waals surface area contributed by atoms with Gasteiger partial charge in [-0.15, -0.1) is 0 Å². The van der Waals surface area contributed by atoms with Crippen LogP contribution in [0.15, 0.2) is 12.1 Å². The van der Waals surface area contributed by atoms with Gasteiger partial charge in [0.1, 0.15) is 0 Å². The summed E-state index contributed by atoms with van der Waals surface area (Å²) in [5.74, 6) is -1.80. The van der Waals surface area contributed by atoms with Crippen molar-refractivity contribution in [2.45, 2.75) is 19.4 Å². The first-order chi connectivity index (χ1) is 7.91. The lowest BCUT2D eigenvalue weighted by atomic mass is 10.2. The molecule has 0 aromatic heterocycles. The molecule has 3 nitrogen and oxygen atoms in total. The summed E-state index contributed by atoms with van der Waals surface area (Å²) in [5.41, 5.74) is 5.89. The lowest BCUT2D eigenvalue weighted by Crippen LogP contribution is -2.24. The van der Waals surface area contributed by atoms with E-state index >= 15 is 0 Å². The quantitative estimate of drug-likeness (QED) is 0.780. The molecule has 17 heavy (non-hydrogen) atoms. The molecule has 5 heteroatoms. The van der Waals surface area contributed by atoms with Crippen molar-refractivity contribution < 1.29 is 8.78 Å². The lowest BCUT2D eigenvalue weighted by molar-refractivity contribution is 0.390. The second kappa shape index (κ2) is 5.82. The molecule has 0 aliphatic carbocycles. The molecule has 3 N–H and O–H groups in total. The summed E-state index contributed by atoms with van der Waals surface area (Å²) < 4.78 is 26.5. The third-order valence-corrected chi connectivity index (χ3v) is 2.53. The highest BCUT2D eigenvalue weighted by atomic mass is 19.2. The first-order valence-corrected chi connectivity index (χ1v) is 5.56. The zero-order valence-electron chi connectivity index (χ0n) is 10.4. The molecule has 0 radical (unpaired) electrons. The van der Waals surface area contributed by atoms with E-state index in [1.54, 1.807) is 0 Å². The number of hydrogen-bond acceptors (Lipinski definition) is 3. The van der Waals surface area contributed by atoms with Gasteiger partial charge in [0, 0.05) is 6.04 Å². The van der Waals surface area contributed by atoms with Crippen LogP contribution in [0.25, 0.3) is 0 Å². The fraction of sp³-hybridized carbons (Fsp3) is 0.500. The molecule has 0 fully saturated rings. The predicted octanol–water partition coefficient (Wildman–Crippen LogP) is 2.30. The minimum absolute atomic E-state index is 0.0241. The average molecular weight is 243 g/mol. The highest BCUT2D eigenvalue weighted by Gasteiger charge is 2.13. The fourth-order valence-electron chi connectivity index (χ4n) is 1.48. The number of halogens is 2. The summed E-state index contributed by atoms with van der Waals surface area (Å²) in [6, 6.07) is 2.41. The van der Waals surface area contributed by atoms with Crippen LogP contribution < -0.4 is 11.1 Å². The smallest absolute Gasteiger partial charge is 0.183 e. The molecule has 0 saturated carbocycles. The highest BCUT2D eigenvalue weighted by molar-refractivity contribution is 5.67. The van der Waals surface area contributed by atoms with Crippen molar-refractivity contribution in [1.82, 2.24) is 4.90 Å². The Hall–Kier alpha value is -1.36.